The molecule has 1 atom stereocenters. The van der Waals surface area contributed by atoms with Crippen molar-refractivity contribution in [3.05, 3.63) is 11.4 Å². The number of anilines is 1. The average Bonchev–Trinajstić information content (AvgIpc) is 2.68. The van der Waals surface area contributed by atoms with Crippen LogP contribution in [0.2, 0.25) is 0 Å². The van der Waals surface area contributed by atoms with Crippen molar-refractivity contribution in [2.75, 3.05) is 12.3 Å². The molecule has 8 heteroatoms. The Kier molecular flexibility index (Phi) is 5.02. The molecule has 1 rings (SSSR count). The molecule has 0 aliphatic heterocycles. The molecule has 0 spiro atoms. The summed E-state index contributed by atoms with van der Waals surface area (Å²) in [5.74, 6) is -0.689. The zero-order valence-electron chi connectivity index (χ0n) is 9.91. The van der Waals surface area contributed by atoms with E-state index in [-0.39, 0.29) is 11.4 Å². The van der Waals surface area contributed by atoms with E-state index in [0.29, 0.717) is 12.1 Å². The van der Waals surface area contributed by atoms with E-state index in [1.807, 2.05) is 6.92 Å². The number of aliphatic hydroxyl groups excluding tert-OH is 1. The summed E-state index contributed by atoms with van der Waals surface area (Å²) in [4.78, 5) is 11.6. The lowest BCUT2D eigenvalue weighted by molar-refractivity contribution is -0.00272. The van der Waals surface area contributed by atoms with Gasteiger partial charge < -0.3 is 16.2 Å². The second-order valence-electron chi connectivity index (χ2n) is 3.83. The summed E-state index contributed by atoms with van der Waals surface area (Å²) in [5, 5.41) is 17.3. The third-order valence-electron chi connectivity index (χ3n) is 2.36. The minimum absolute atomic E-state index is 0.0417. The van der Waals surface area contributed by atoms with Gasteiger partial charge in [-0.2, -0.15) is 5.10 Å². The first-order valence-corrected chi connectivity index (χ1v) is 5.54. The molecule has 1 aromatic heterocycles. The number of amides is 1. The van der Waals surface area contributed by atoms with Gasteiger partial charge in [0.2, 0.25) is 0 Å². The zero-order chi connectivity index (χ0) is 13.7. The van der Waals surface area contributed by atoms with Gasteiger partial charge in [0.05, 0.1) is 11.4 Å². The van der Waals surface area contributed by atoms with E-state index in [2.05, 4.69) is 15.5 Å². The minimum atomic E-state index is -2.91. The van der Waals surface area contributed by atoms with Crippen LogP contribution in [0.3, 0.4) is 0 Å². The van der Waals surface area contributed by atoms with Gasteiger partial charge in [-0.15, -0.1) is 0 Å². The number of nitrogens with zero attached hydrogens (tertiary/aromatic N) is 1. The van der Waals surface area contributed by atoms with Crippen molar-refractivity contribution in [1.29, 1.82) is 0 Å². The van der Waals surface area contributed by atoms with Crippen LogP contribution in [-0.2, 0) is 6.42 Å². The normalized spacial score (nSPS) is 12.7. The maximum Gasteiger partial charge on any atom is 0.274 e. The number of rotatable bonds is 6. The lowest BCUT2D eigenvalue weighted by Crippen LogP contribution is -2.36. The van der Waals surface area contributed by atoms with E-state index in [1.54, 1.807) is 0 Å². The monoisotopic (exact) mass is 262 g/mol. The first-order chi connectivity index (χ1) is 8.47. The number of aromatic amines is 1. The second-order valence-corrected chi connectivity index (χ2v) is 3.83. The average molecular weight is 262 g/mol. The van der Waals surface area contributed by atoms with Crippen molar-refractivity contribution in [3.8, 4) is 0 Å². The van der Waals surface area contributed by atoms with E-state index in [1.165, 1.54) is 0 Å². The predicted octanol–water partition coefficient (Wildman–Crippen LogP) is 0.300. The van der Waals surface area contributed by atoms with Gasteiger partial charge in [-0.3, -0.25) is 9.89 Å². The molecule has 0 aromatic carbocycles. The Morgan fingerprint density at radius 3 is 2.83 bits per heavy atom. The van der Waals surface area contributed by atoms with Crippen molar-refractivity contribution >= 4 is 11.6 Å². The third kappa shape index (κ3) is 3.39. The van der Waals surface area contributed by atoms with Crippen LogP contribution < -0.4 is 11.1 Å². The van der Waals surface area contributed by atoms with E-state index in [9.17, 15) is 13.6 Å². The van der Waals surface area contributed by atoms with E-state index < -0.39 is 25.0 Å². The van der Waals surface area contributed by atoms with Gasteiger partial charge in [-0.05, 0) is 6.42 Å². The van der Waals surface area contributed by atoms with Gasteiger partial charge in [0, 0.05) is 6.54 Å². The highest BCUT2D eigenvalue weighted by Crippen LogP contribution is 2.15. The van der Waals surface area contributed by atoms with Gasteiger partial charge in [0.15, 0.2) is 5.69 Å². The Bertz CT molecular complexity index is 409. The van der Waals surface area contributed by atoms with Crippen LogP contribution in [0.5, 0.6) is 0 Å². The molecule has 0 saturated carbocycles. The van der Waals surface area contributed by atoms with Gasteiger partial charge >= 0.3 is 0 Å². The Morgan fingerprint density at radius 2 is 2.28 bits per heavy atom. The second kappa shape index (κ2) is 6.29. The molecule has 1 unspecified atom stereocenters. The van der Waals surface area contributed by atoms with Crippen LogP contribution in [0.25, 0.3) is 0 Å². The molecule has 1 aromatic rings. The number of nitrogens with two attached hydrogens (primary N) is 1. The Hall–Kier alpha value is -1.70. The first kappa shape index (κ1) is 14.4. The number of alkyl halides is 2. The van der Waals surface area contributed by atoms with Crippen molar-refractivity contribution < 1.29 is 18.7 Å². The Morgan fingerprint density at radius 1 is 1.61 bits per heavy atom. The number of H-pyrrole nitrogens is 1. The van der Waals surface area contributed by atoms with Crippen LogP contribution >= 0.6 is 0 Å². The molecule has 0 radical (unpaired) electrons. The lowest BCUT2D eigenvalue weighted by atomic mass is 10.2. The maximum atomic E-state index is 12.0. The molecule has 0 bridgehead atoms. The maximum absolute atomic E-state index is 12.0. The highest BCUT2D eigenvalue weighted by molar-refractivity contribution is 5.97. The van der Waals surface area contributed by atoms with Crippen molar-refractivity contribution in [1.82, 2.24) is 15.5 Å². The summed E-state index contributed by atoms with van der Waals surface area (Å²) >= 11 is 0. The molecular weight excluding hydrogens is 246 g/mol. The van der Waals surface area contributed by atoms with E-state index in [0.717, 1.165) is 6.42 Å². The zero-order valence-corrected chi connectivity index (χ0v) is 9.91. The fraction of sp³-hybridized carbons (Fsp3) is 0.600. The number of hydrogen-bond donors (Lipinski definition) is 4. The molecule has 1 amide bonds. The number of aromatic nitrogens is 2. The summed E-state index contributed by atoms with van der Waals surface area (Å²) in [7, 11) is 0. The van der Waals surface area contributed by atoms with Crippen LogP contribution in [0.15, 0.2) is 0 Å². The number of halogens is 2. The van der Waals surface area contributed by atoms with Gasteiger partial charge in [0.1, 0.15) is 6.10 Å². The smallest absolute Gasteiger partial charge is 0.274 e. The van der Waals surface area contributed by atoms with Crippen molar-refractivity contribution in [2.45, 2.75) is 32.3 Å². The van der Waals surface area contributed by atoms with E-state index in [4.69, 9.17) is 10.8 Å². The molecular formula is C10H16F2N4O2. The minimum Gasteiger partial charge on any atom is -0.395 e. The number of aryl methyl sites for hydroxylation is 1. The number of aliphatic hydroxyl groups is 1. The van der Waals surface area contributed by atoms with Crippen molar-refractivity contribution in [3.63, 3.8) is 0 Å². The molecule has 0 saturated heterocycles. The summed E-state index contributed by atoms with van der Waals surface area (Å²) in [6.07, 6.45) is -3.33. The fourth-order valence-electron chi connectivity index (χ4n) is 1.37. The highest BCUT2D eigenvalue weighted by atomic mass is 19.3. The number of carbonyl (C=O) groups excluding carboxylic acids is 1. The summed E-state index contributed by atoms with van der Waals surface area (Å²) < 4.78 is 24.0. The number of hydrogen-bond acceptors (Lipinski definition) is 4. The Labute approximate surface area is 103 Å². The molecule has 5 N–H and O–H groups in total. The van der Waals surface area contributed by atoms with E-state index >= 15 is 0 Å². The Balaban J connectivity index is 2.62. The van der Waals surface area contributed by atoms with Crippen molar-refractivity contribution in [2.24, 2.45) is 0 Å². The van der Waals surface area contributed by atoms with Crippen LogP contribution in [-0.4, -0.2) is 40.3 Å². The molecule has 6 nitrogen and oxygen atoms in total. The summed E-state index contributed by atoms with van der Waals surface area (Å²) in [6, 6.07) is 0. The molecule has 102 valence electrons. The van der Waals surface area contributed by atoms with Crippen LogP contribution in [0, 0.1) is 0 Å². The fourth-order valence-corrected chi connectivity index (χ4v) is 1.37. The summed E-state index contributed by atoms with van der Waals surface area (Å²) in [6.45, 7) is 1.39. The summed E-state index contributed by atoms with van der Waals surface area (Å²) in [5.41, 5.74) is 6.49. The molecule has 0 aliphatic rings. The lowest BCUT2D eigenvalue weighted by Gasteiger charge is -2.09. The van der Waals surface area contributed by atoms with Gasteiger partial charge in [0.25, 0.3) is 12.3 Å². The van der Waals surface area contributed by atoms with Gasteiger partial charge in [-0.1, -0.05) is 13.3 Å². The highest BCUT2D eigenvalue weighted by Gasteiger charge is 2.21. The standard InChI is InChI=1S/C10H16F2N4O2/c1-2-3-5-7(13)8(16-15-5)10(18)14-4-6(17)9(11)12/h6,9,17H,2-4,13H2,1H3,(H,14,18)(H,15,16). The van der Waals surface area contributed by atoms with Crippen LogP contribution in [0.4, 0.5) is 14.5 Å². The SMILES string of the molecule is CCCc1[nH]nc(C(=O)NCC(O)C(F)F)c1N. The molecule has 0 fully saturated rings. The van der Waals surface area contributed by atoms with Crippen LogP contribution in [0.1, 0.15) is 29.5 Å². The topological polar surface area (TPSA) is 104 Å². The number of carbonyl (C=O) groups is 1. The number of nitrogen functional groups attached to an aromatic ring is 1. The number of nitrogens with one attached hydrogen (secondary N) is 2. The predicted molar refractivity (Wildman–Crippen MR) is 61.3 cm³/mol. The molecule has 1 heterocycles. The quantitative estimate of drug-likeness (QED) is 0.592. The largest absolute Gasteiger partial charge is 0.395 e. The van der Waals surface area contributed by atoms with Gasteiger partial charge in [-0.25, -0.2) is 8.78 Å². The molecule has 0 aliphatic carbocycles. The first-order valence-electron chi connectivity index (χ1n) is 5.54. The third-order valence-corrected chi connectivity index (χ3v) is 2.36. The molecule has 18 heavy (non-hydrogen) atoms.